The molecule has 3 fully saturated rings. The molecule has 7 heteroatoms. The molecule has 0 amide bonds. The van der Waals surface area contributed by atoms with Crippen molar-refractivity contribution in [2.75, 3.05) is 0 Å². The van der Waals surface area contributed by atoms with E-state index in [1.165, 1.54) is 55.2 Å². The van der Waals surface area contributed by atoms with E-state index in [4.69, 9.17) is 14.2 Å². The van der Waals surface area contributed by atoms with Crippen LogP contribution in [-0.4, -0.2) is 77.9 Å². The van der Waals surface area contributed by atoms with Crippen LogP contribution in [0.3, 0.4) is 0 Å². The molecule has 0 radical (unpaired) electrons. The third-order valence-corrected chi connectivity index (χ3v) is 23.9. The lowest BCUT2D eigenvalue weighted by Gasteiger charge is -2.57. The fraction of sp³-hybridized carbons (Fsp3) is 0.783. The maximum Gasteiger partial charge on any atom is 0.115 e. The van der Waals surface area contributed by atoms with Crippen LogP contribution in [0.5, 0.6) is 0 Å². The molecule has 3 saturated heterocycles. The predicted octanol–water partition coefficient (Wildman–Crippen LogP) is 22.1. The van der Waals surface area contributed by atoms with Crippen molar-refractivity contribution >= 4 is 0 Å². The Morgan fingerprint density at radius 2 is 1.11 bits per heavy atom. The normalized spacial score (nSPS) is 31.9. The molecule has 7 nitrogen and oxygen atoms in total. The molecule has 3 heterocycles. The summed E-state index contributed by atoms with van der Waals surface area (Å²) in [5, 5.41) is 50.0. The Bertz CT molecular complexity index is 2680. The summed E-state index contributed by atoms with van der Waals surface area (Å²) in [5.74, 6) is 2.57. The first-order valence-electron chi connectivity index (χ1n) is 37.4. The van der Waals surface area contributed by atoms with Gasteiger partial charge in [-0.15, -0.1) is 0 Å². The lowest BCUT2D eigenvalue weighted by Crippen LogP contribution is -2.56. The molecule has 0 saturated carbocycles. The molecule has 4 N–H and O–H groups in total. The van der Waals surface area contributed by atoms with E-state index in [2.05, 4.69) is 155 Å². The molecule has 6 aliphatic rings. The molecular formula is C83H138O7. The van der Waals surface area contributed by atoms with Crippen LogP contribution in [0, 0.1) is 23.7 Å². The van der Waals surface area contributed by atoms with Gasteiger partial charge in [0.15, 0.2) is 0 Å². The van der Waals surface area contributed by atoms with E-state index in [1.807, 2.05) is 13.8 Å². The van der Waals surface area contributed by atoms with Crippen molar-refractivity contribution in [3.05, 3.63) is 103 Å². The molecular weight excluding hydrogens is 1110 g/mol. The fourth-order valence-electron chi connectivity index (χ4n) is 17.8. The van der Waals surface area contributed by atoms with E-state index < -0.39 is 51.9 Å². The van der Waals surface area contributed by atoms with E-state index >= 15 is 0 Å². The van der Waals surface area contributed by atoms with Gasteiger partial charge in [0.05, 0.1) is 34.6 Å². The second-order valence-electron chi connectivity index (χ2n) is 32.5. The molecule has 13 unspecified atom stereocenters. The number of aliphatic hydroxyl groups excluding tert-OH is 3. The van der Waals surface area contributed by atoms with Gasteiger partial charge in [-0.25, -0.2) is 0 Å². The number of hydrogen-bond donors (Lipinski definition) is 4. The van der Waals surface area contributed by atoms with Gasteiger partial charge in [-0.1, -0.05) is 149 Å². The molecule has 512 valence electrons. The number of hydrogen-bond acceptors (Lipinski definition) is 7. The van der Waals surface area contributed by atoms with E-state index in [0.29, 0.717) is 37.0 Å². The van der Waals surface area contributed by atoms with Gasteiger partial charge in [-0.05, 0) is 315 Å². The number of ether oxygens (including phenoxy) is 3. The van der Waals surface area contributed by atoms with Gasteiger partial charge in [0.25, 0.3) is 0 Å². The average Bonchev–Trinajstić information content (AvgIpc) is 0.727. The van der Waals surface area contributed by atoms with Gasteiger partial charge in [0.1, 0.15) is 22.9 Å². The Labute approximate surface area is 553 Å². The first-order chi connectivity index (χ1) is 42.3. The summed E-state index contributed by atoms with van der Waals surface area (Å²) in [6.07, 6.45) is 39.1. The van der Waals surface area contributed by atoms with Crippen molar-refractivity contribution in [3.63, 3.8) is 0 Å². The highest BCUT2D eigenvalue weighted by Gasteiger charge is 2.59. The van der Waals surface area contributed by atoms with E-state index in [9.17, 15) is 20.4 Å². The number of fused-ring (bicyclic) bond motifs is 3. The Morgan fingerprint density at radius 1 is 0.600 bits per heavy atom. The summed E-state index contributed by atoms with van der Waals surface area (Å²) in [5.41, 5.74) is 10.2. The van der Waals surface area contributed by atoms with Crippen molar-refractivity contribution in [1.82, 2.24) is 0 Å². The molecule has 0 aromatic rings. The van der Waals surface area contributed by atoms with Crippen LogP contribution in [-0.2, 0) is 14.2 Å². The highest BCUT2D eigenvalue weighted by atomic mass is 16.5. The van der Waals surface area contributed by atoms with Crippen molar-refractivity contribution in [2.24, 2.45) is 23.7 Å². The van der Waals surface area contributed by atoms with Gasteiger partial charge < -0.3 is 34.6 Å². The first-order valence-corrected chi connectivity index (χ1v) is 37.4. The minimum absolute atomic E-state index is 0.293. The molecule has 0 bridgehead atoms. The largest absolute Gasteiger partial charge is 0.390 e. The third-order valence-electron chi connectivity index (χ3n) is 23.9. The minimum Gasteiger partial charge on any atom is -0.390 e. The van der Waals surface area contributed by atoms with Crippen molar-refractivity contribution < 1.29 is 34.6 Å². The maximum atomic E-state index is 13.7. The lowest BCUT2D eigenvalue weighted by atomic mass is 9.59. The standard InChI is InChI=1S/C83H138O7/c1-21-25-26-47-77(17,87)48-30-40-62(12)43-33-49-78(18)52-44-67-55-72(84)65(15)74(82(67,23-3)89-78)73-70-46-54-80(20,51-32-42-61(11)39-29-38-59(9)36-27-34-57(5)6)90-83(70,24-4)71(64(14)76(73)86)56-68-69-45-53-79(19,50-31-41-60(10)37-28-35-58(7)8)88-81(69,22-2)66(16)63(13)75(68)85/h21,25,35,38,55,57,60-62,72,75-76,84-87H,22-24,26-34,36-37,39-54,56H2,1-20H3/b25-21-,59-38+. The van der Waals surface area contributed by atoms with Crippen LogP contribution in [0.4, 0.5) is 0 Å². The van der Waals surface area contributed by atoms with Crippen LogP contribution in [0.15, 0.2) is 103 Å². The van der Waals surface area contributed by atoms with Crippen LogP contribution in [0.2, 0.25) is 0 Å². The summed E-state index contributed by atoms with van der Waals surface area (Å²) in [6, 6.07) is 0. The third kappa shape index (κ3) is 18.3. The fourth-order valence-corrected chi connectivity index (χ4v) is 17.8. The summed E-state index contributed by atoms with van der Waals surface area (Å²) in [4.78, 5) is 0. The molecule has 3 aliphatic carbocycles. The zero-order valence-corrected chi connectivity index (χ0v) is 61.9. The lowest BCUT2D eigenvalue weighted by molar-refractivity contribution is -0.151. The second kappa shape index (κ2) is 32.9. The topological polar surface area (TPSA) is 109 Å². The Kier molecular flexibility index (Phi) is 27.9. The molecule has 13 atom stereocenters. The Morgan fingerprint density at radius 3 is 1.66 bits per heavy atom. The zero-order valence-electron chi connectivity index (χ0n) is 61.9. The van der Waals surface area contributed by atoms with Crippen molar-refractivity contribution in [1.29, 1.82) is 0 Å². The zero-order chi connectivity index (χ0) is 66.6. The van der Waals surface area contributed by atoms with Gasteiger partial charge in [-0.3, -0.25) is 0 Å². The van der Waals surface area contributed by atoms with E-state index in [0.717, 1.165) is 203 Å². The summed E-state index contributed by atoms with van der Waals surface area (Å²) < 4.78 is 23.7. The SMILES string of the molecule is C/C=C\CCC(C)(O)CCCC(C)CCCC1(C)CCC2=CC(O)C(C)=C(C3=C4CCC(C)(CCCC(C)CC/C=C(\C)CCCC(C)C)OC4(CC)C(CC4=C5CCC(C)(CCCC(C)CCC=C(C)C)OC5(CC)C(C)=C(C)C4O)=C(C)C3O)C2(CC)O1. The predicted molar refractivity (Wildman–Crippen MR) is 382 cm³/mol. The molecule has 3 aliphatic heterocycles. The van der Waals surface area contributed by atoms with Gasteiger partial charge in [0, 0.05) is 0 Å². The van der Waals surface area contributed by atoms with Crippen LogP contribution >= 0.6 is 0 Å². The summed E-state index contributed by atoms with van der Waals surface area (Å²) in [7, 11) is 0. The highest BCUT2D eigenvalue weighted by molar-refractivity contribution is 5.64. The van der Waals surface area contributed by atoms with E-state index in [1.54, 1.807) is 0 Å². The molecule has 0 aromatic carbocycles. The quantitative estimate of drug-likeness (QED) is 0.0468. The Balaban J connectivity index is 1.37. The van der Waals surface area contributed by atoms with Crippen molar-refractivity contribution in [3.8, 4) is 0 Å². The van der Waals surface area contributed by atoms with Crippen LogP contribution in [0.25, 0.3) is 0 Å². The molecule has 6 rings (SSSR count). The maximum absolute atomic E-state index is 13.7. The Hall–Kier alpha value is -2.62. The second-order valence-corrected chi connectivity index (χ2v) is 32.5. The summed E-state index contributed by atoms with van der Waals surface area (Å²) >= 11 is 0. The van der Waals surface area contributed by atoms with Crippen LogP contribution < -0.4 is 0 Å². The van der Waals surface area contributed by atoms with Gasteiger partial charge in [0.2, 0.25) is 0 Å². The number of allylic oxidation sites excluding steroid dienone is 6. The highest BCUT2D eigenvalue weighted by Crippen LogP contribution is 2.61. The van der Waals surface area contributed by atoms with Crippen LogP contribution in [0.1, 0.15) is 338 Å². The van der Waals surface area contributed by atoms with Gasteiger partial charge in [-0.2, -0.15) is 0 Å². The van der Waals surface area contributed by atoms with E-state index in [-0.39, 0.29) is 5.60 Å². The van der Waals surface area contributed by atoms with Gasteiger partial charge >= 0.3 is 0 Å². The number of aliphatic hydroxyl groups is 4. The first kappa shape index (κ1) is 76.4. The molecule has 0 aromatic heterocycles. The smallest absolute Gasteiger partial charge is 0.115 e. The monoisotopic (exact) mass is 1250 g/mol. The molecule has 90 heavy (non-hydrogen) atoms. The summed E-state index contributed by atoms with van der Waals surface area (Å²) in [6.45, 7) is 45.1. The number of rotatable bonds is 35. The van der Waals surface area contributed by atoms with Crippen molar-refractivity contribution in [2.45, 2.75) is 395 Å². The average molecular weight is 1250 g/mol. The molecule has 0 spiro atoms. The minimum atomic E-state index is -0.964.